The molecule has 2 aliphatic rings. The molecule has 86 valence electrons. The van der Waals surface area contributed by atoms with E-state index in [1.165, 1.54) is 6.92 Å². The van der Waals surface area contributed by atoms with Crippen molar-refractivity contribution in [2.75, 3.05) is 0 Å². The Morgan fingerprint density at radius 2 is 1.87 bits per heavy atom. The van der Waals surface area contributed by atoms with Crippen LogP contribution in [0.5, 0.6) is 0 Å². The number of ether oxygens (including phenoxy) is 4. The van der Waals surface area contributed by atoms with Gasteiger partial charge in [-0.05, 0) is 20.8 Å². The van der Waals surface area contributed by atoms with Crippen LogP contribution in [0.15, 0.2) is 0 Å². The molecule has 0 saturated carbocycles. The third kappa shape index (κ3) is 2.00. The van der Waals surface area contributed by atoms with Crippen LogP contribution in [0.3, 0.4) is 0 Å². The molecule has 0 aromatic carbocycles. The molecule has 15 heavy (non-hydrogen) atoms. The van der Waals surface area contributed by atoms with Crippen LogP contribution in [0, 0.1) is 0 Å². The molecule has 2 fully saturated rings. The maximum atomic E-state index is 10.9. The molecule has 0 spiro atoms. The summed E-state index contributed by atoms with van der Waals surface area (Å²) < 4.78 is 21.8. The zero-order valence-corrected chi connectivity index (χ0v) is 9.35. The second kappa shape index (κ2) is 3.43. The van der Waals surface area contributed by atoms with Crippen LogP contribution in [-0.2, 0) is 23.7 Å². The quantitative estimate of drug-likeness (QED) is 0.607. The van der Waals surface area contributed by atoms with Crippen molar-refractivity contribution in [3.8, 4) is 0 Å². The van der Waals surface area contributed by atoms with E-state index in [2.05, 4.69) is 0 Å². The van der Waals surface area contributed by atoms with Gasteiger partial charge in [-0.1, -0.05) is 0 Å². The summed E-state index contributed by atoms with van der Waals surface area (Å²) >= 11 is 0. The Morgan fingerprint density at radius 1 is 1.27 bits per heavy atom. The third-order valence-electron chi connectivity index (χ3n) is 2.53. The summed E-state index contributed by atoms with van der Waals surface area (Å²) in [5, 5.41) is 0. The van der Waals surface area contributed by atoms with E-state index >= 15 is 0 Å². The highest BCUT2D eigenvalue weighted by Gasteiger charge is 2.55. The maximum Gasteiger partial charge on any atom is 0.305 e. The molecular formula is C10H16O5. The number of rotatable bonds is 1. The van der Waals surface area contributed by atoms with Gasteiger partial charge in [-0.3, -0.25) is 4.79 Å². The minimum absolute atomic E-state index is 0.124. The molecule has 0 bridgehead atoms. The first kappa shape index (κ1) is 10.9. The Hall–Kier alpha value is -0.650. The van der Waals surface area contributed by atoms with Crippen molar-refractivity contribution in [1.82, 2.24) is 0 Å². The van der Waals surface area contributed by atoms with Crippen molar-refractivity contribution < 1.29 is 23.7 Å². The van der Waals surface area contributed by atoms with Gasteiger partial charge >= 0.3 is 5.97 Å². The van der Waals surface area contributed by atoms with Crippen LogP contribution < -0.4 is 0 Å². The first-order valence-corrected chi connectivity index (χ1v) is 5.07. The number of hydrogen-bond acceptors (Lipinski definition) is 5. The Labute approximate surface area is 88.6 Å². The topological polar surface area (TPSA) is 54.0 Å². The largest absolute Gasteiger partial charge is 0.433 e. The number of hydrogen-bond donors (Lipinski definition) is 0. The molecule has 5 heteroatoms. The summed E-state index contributed by atoms with van der Waals surface area (Å²) in [6.07, 6.45) is -1.26. The second-order valence-electron chi connectivity index (χ2n) is 4.38. The molecule has 2 heterocycles. The van der Waals surface area contributed by atoms with Crippen LogP contribution in [0.2, 0.25) is 0 Å². The fourth-order valence-corrected chi connectivity index (χ4v) is 2.02. The molecule has 0 aromatic heterocycles. The Morgan fingerprint density at radius 3 is 2.47 bits per heavy atom. The van der Waals surface area contributed by atoms with E-state index in [1.807, 2.05) is 20.8 Å². The molecule has 0 aliphatic carbocycles. The van der Waals surface area contributed by atoms with E-state index in [0.717, 1.165) is 0 Å². The molecule has 2 aliphatic heterocycles. The fourth-order valence-electron chi connectivity index (χ4n) is 2.02. The molecule has 2 rings (SSSR count). The Kier molecular flexibility index (Phi) is 2.48. The van der Waals surface area contributed by atoms with Crippen molar-refractivity contribution in [2.45, 2.75) is 58.1 Å². The van der Waals surface area contributed by atoms with Crippen LogP contribution in [-0.4, -0.2) is 36.4 Å². The number of fused-ring (bicyclic) bond motifs is 1. The van der Waals surface area contributed by atoms with E-state index in [4.69, 9.17) is 18.9 Å². The summed E-state index contributed by atoms with van der Waals surface area (Å²) in [6, 6.07) is 0. The fraction of sp³-hybridized carbons (Fsp3) is 0.900. The SMILES string of the molecule is CC(=O)O[C@H]1O[C@H](C)C2OC(C)(C)O[C@H]21. The summed E-state index contributed by atoms with van der Waals surface area (Å²) in [7, 11) is 0. The van der Waals surface area contributed by atoms with Crippen molar-refractivity contribution >= 4 is 5.97 Å². The lowest BCUT2D eigenvalue weighted by Gasteiger charge is -2.22. The van der Waals surface area contributed by atoms with Crippen molar-refractivity contribution in [3.63, 3.8) is 0 Å². The summed E-state index contributed by atoms with van der Waals surface area (Å²) in [5.41, 5.74) is 0. The molecule has 0 aromatic rings. The van der Waals surface area contributed by atoms with Gasteiger partial charge in [0.05, 0.1) is 6.10 Å². The summed E-state index contributed by atoms with van der Waals surface area (Å²) in [5.74, 6) is -1.01. The molecule has 4 atom stereocenters. The van der Waals surface area contributed by atoms with Gasteiger partial charge in [-0.15, -0.1) is 0 Å². The van der Waals surface area contributed by atoms with E-state index in [0.29, 0.717) is 0 Å². The lowest BCUT2D eigenvalue weighted by molar-refractivity contribution is -0.229. The molecule has 0 amide bonds. The van der Waals surface area contributed by atoms with E-state index in [-0.39, 0.29) is 24.3 Å². The van der Waals surface area contributed by atoms with Gasteiger partial charge in [0, 0.05) is 6.92 Å². The first-order valence-electron chi connectivity index (χ1n) is 5.07. The average molecular weight is 216 g/mol. The van der Waals surface area contributed by atoms with Gasteiger partial charge in [-0.25, -0.2) is 0 Å². The van der Waals surface area contributed by atoms with E-state index < -0.39 is 12.1 Å². The van der Waals surface area contributed by atoms with Crippen LogP contribution in [0.1, 0.15) is 27.7 Å². The lowest BCUT2D eigenvalue weighted by atomic mass is 10.2. The van der Waals surface area contributed by atoms with Gasteiger partial charge in [0.2, 0.25) is 6.29 Å². The van der Waals surface area contributed by atoms with Crippen molar-refractivity contribution in [2.24, 2.45) is 0 Å². The number of carbonyl (C=O) groups excluding carboxylic acids is 1. The number of esters is 1. The van der Waals surface area contributed by atoms with Gasteiger partial charge in [0.25, 0.3) is 0 Å². The van der Waals surface area contributed by atoms with E-state index in [9.17, 15) is 4.79 Å². The van der Waals surface area contributed by atoms with Crippen molar-refractivity contribution in [3.05, 3.63) is 0 Å². The molecule has 0 N–H and O–H groups in total. The summed E-state index contributed by atoms with van der Waals surface area (Å²) in [4.78, 5) is 10.9. The highest BCUT2D eigenvalue weighted by atomic mass is 16.8. The van der Waals surface area contributed by atoms with Gasteiger partial charge in [0.1, 0.15) is 6.10 Å². The molecule has 2 saturated heterocycles. The maximum absolute atomic E-state index is 10.9. The highest BCUT2D eigenvalue weighted by Crippen LogP contribution is 2.38. The normalized spacial score (nSPS) is 42.7. The predicted octanol–water partition coefficient (Wildman–Crippen LogP) is 0.814. The molecular weight excluding hydrogens is 200 g/mol. The smallest absolute Gasteiger partial charge is 0.305 e. The van der Waals surface area contributed by atoms with Crippen LogP contribution in [0.25, 0.3) is 0 Å². The molecule has 0 radical (unpaired) electrons. The minimum Gasteiger partial charge on any atom is -0.433 e. The van der Waals surface area contributed by atoms with Crippen LogP contribution in [0.4, 0.5) is 0 Å². The third-order valence-corrected chi connectivity index (χ3v) is 2.53. The Balaban J connectivity index is 2.09. The zero-order chi connectivity index (χ0) is 11.2. The summed E-state index contributed by atoms with van der Waals surface area (Å²) in [6.45, 7) is 6.90. The van der Waals surface area contributed by atoms with Gasteiger partial charge in [-0.2, -0.15) is 0 Å². The molecule has 1 unspecified atom stereocenters. The minimum atomic E-state index is -0.649. The standard InChI is InChI=1S/C10H16O5/c1-5-7-8(15-10(3,4)14-7)9(12-5)13-6(2)11/h5,7-9H,1-4H3/t5-,7?,8-,9-/m1/s1. The van der Waals surface area contributed by atoms with Gasteiger partial charge in [0.15, 0.2) is 11.9 Å². The Bertz CT molecular complexity index is 275. The predicted molar refractivity (Wildman–Crippen MR) is 49.9 cm³/mol. The second-order valence-corrected chi connectivity index (χ2v) is 4.38. The van der Waals surface area contributed by atoms with Crippen LogP contribution >= 0.6 is 0 Å². The highest BCUT2D eigenvalue weighted by molar-refractivity contribution is 5.66. The first-order chi connectivity index (χ1) is 6.89. The van der Waals surface area contributed by atoms with E-state index in [1.54, 1.807) is 0 Å². The number of carbonyl (C=O) groups is 1. The lowest BCUT2D eigenvalue weighted by Crippen LogP contribution is -2.32. The monoisotopic (exact) mass is 216 g/mol. The average Bonchev–Trinajstić information content (AvgIpc) is 2.49. The molecule has 5 nitrogen and oxygen atoms in total. The zero-order valence-electron chi connectivity index (χ0n) is 9.35. The van der Waals surface area contributed by atoms with Gasteiger partial charge < -0.3 is 18.9 Å². The van der Waals surface area contributed by atoms with Crippen molar-refractivity contribution in [1.29, 1.82) is 0 Å².